The Morgan fingerprint density at radius 1 is 1.40 bits per heavy atom. The van der Waals surface area contributed by atoms with Gasteiger partial charge >= 0.3 is 6.09 Å². The highest BCUT2D eigenvalue weighted by Crippen LogP contribution is 2.44. The Morgan fingerprint density at radius 2 is 2.20 bits per heavy atom. The first-order valence-corrected chi connectivity index (χ1v) is 7.39. The number of ether oxygens (including phenoxy) is 1. The van der Waals surface area contributed by atoms with Crippen molar-refractivity contribution in [1.82, 2.24) is 9.88 Å². The maximum Gasteiger partial charge on any atom is 0.410 e. The zero-order chi connectivity index (χ0) is 14.3. The van der Waals surface area contributed by atoms with Crippen LogP contribution >= 0.6 is 0 Å². The average molecular weight is 274 g/mol. The predicted octanol–water partition coefficient (Wildman–Crippen LogP) is 3.33. The number of carbonyl (C=O) groups excluding carboxylic acids is 1. The molecule has 1 amide bonds. The molecular formula is C16H22N2O2. The van der Waals surface area contributed by atoms with Gasteiger partial charge in [0.1, 0.15) is 5.60 Å². The molecule has 20 heavy (non-hydrogen) atoms. The quantitative estimate of drug-likeness (QED) is 0.728. The Balaban J connectivity index is 1.87. The number of hydrogen-bond acceptors (Lipinski definition) is 3. The minimum Gasteiger partial charge on any atom is -0.444 e. The number of nitrogens with zero attached hydrogens (tertiary/aromatic N) is 2. The molecule has 0 aromatic carbocycles. The third kappa shape index (κ3) is 2.39. The number of rotatable bonds is 0. The smallest absolute Gasteiger partial charge is 0.410 e. The van der Waals surface area contributed by atoms with E-state index in [9.17, 15) is 4.79 Å². The second kappa shape index (κ2) is 4.76. The van der Waals surface area contributed by atoms with E-state index >= 15 is 0 Å². The highest BCUT2D eigenvalue weighted by molar-refractivity contribution is 5.69. The van der Waals surface area contributed by atoms with E-state index in [2.05, 4.69) is 11.1 Å². The number of aryl methyl sites for hydroxylation is 1. The lowest BCUT2D eigenvalue weighted by molar-refractivity contribution is 0.0197. The van der Waals surface area contributed by atoms with Crippen molar-refractivity contribution in [2.24, 2.45) is 5.92 Å². The van der Waals surface area contributed by atoms with E-state index in [0.717, 1.165) is 31.5 Å². The average Bonchev–Trinajstić information content (AvgIpc) is 2.81. The molecule has 0 bridgehead atoms. The molecule has 0 radical (unpaired) electrons. The summed E-state index contributed by atoms with van der Waals surface area (Å²) in [6.45, 7) is 6.52. The SMILES string of the molecule is CC(C)(C)OC(=O)N1CCC2CCc3ncccc3C21. The van der Waals surface area contributed by atoms with E-state index < -0.39 is 5.60 Å². The van der Waals surface area contributed by atoms with Crippen LogP contribution in [0.1, 0.15) is 50.9 Å². The van der Waals surface area contributed by atoms with Gasteiger partial charge in [-0.3, -0.25) is 4.98 Å². The molecule has 1 aliphatic heterocycles. The molecule has 108 valence electrons. The molecule has 0 saturated carbocycles. The molecule has 4 heteroatoms. The van der Waals surface area contributed by atoms with E-state index in [4.69, 9.17) is 4.74 Å². The third-order valence-electron chi connectivity index (χ3n) is 4.15. The first-order valence-electron chi connectivity index (χ1n) is 7.39. The normalized spacial score (nSPS) is 25.1. The molecule has 2 aliphatic rings. The van der Waals surface area contributed by atoms with Crippen LogP contribution in [-0.4, -0.2) is 28.1 Å². The van der Waals surface area contributed by atoms with Crippen LogP contribution in [-0.2, 0) is 11.2 Å². The number of pyridine rings is 1. The summed E-state index contributed by atoms with van der Waals surface area (Å²) in [6.07, 6.45) is 4.86. The summed E-state index contributed by atoms with van der Waals surface area (Å²) in [7, 11) is 0. The van der Waals surface area contributed by atoms with Crippen molar-refractivity contribution in [2.45, 2.75) is 51.7 Å². The van der Waals surface area contributed by atoms with Crippen LogP contribution in [0.3, 0.4) is 0 Å². The standard InChI is InChI=1S/C16H22N2O2/c1-16(2,3)20-15(19)18-10-8-11-6-7-13-12(14(11)18)5-4-9-17-13/h4-5,9,11,14H,6-8,10H2,1-3H3. The zero-order valence-electron chi connectivity index (χ0n) is 12.4. The molecule has 1 aliphatic carbocycles. The number of hydrogen-bond donors (Lipinski definition) is 0. The summed E-state index contributed by atoms with van der Waals surface area (Å²) in [5, 5.41) is 0. The number of aromatic nitrogens is 1. The molecular weight excluding hydrogens is 252 g/mol. The van der Waals surface area contributed by atoms with Crippen molar-refractivity contribution in [3.63, 3.8) is 0 Å². The van der Waals surface area contributed by atoms with Crippen LogP contribution < -0.4 is 0 Å². The lowest BCUT2D eigenvalue weighted by Crippen LogP contribution is -2.38. The maximum atomic E-state index is 12.4. The van der Waals surface area contributed by atoms with E-state index in [1.807, 2.05) is 37.9 Å². The molecule has 2 heterocycles. The summed E-state index contributed by atoms with van der Waals surface area (Å²) < 4.78 is 5.55. The minimum atomic E-state index is -0.443. The first-order chi connectivity index (χ1) is 9.46. The second-order valence-corrected chi connectivity index (χ2v) is 6.75. The van der Waals surface area contributed by atoms with Gasteiger partial charge in [0.2, 0.25) is 0 Å². The van der Waals surface area contributed by atoms with Crippen LogP contribution in [0, 0.1) is 5.92 Å². The van der Waals surface area contributed by atoms with Gasteiger partial charge in [0.05, 0.1) is 6.04 Å². The summed E-state index contributed by atoms with van der Waals surface area (Å²) >= 11 is 0. The first kappa shape index (κ1) is 13.4. The number of amides is 1. The number of fused-ring (bicyclic) bond motifs is 3. The summed E-state index contributed by atoms with van der Waals surface area (Å²) in [5.74, 6) is 0.555. The van der Waals surface area contributed by atoms with Crippen LogP contribution in [0.5, 0.6) is 0 Å². The van der Waals surface area contributed by atoms with Crippen molar-refractivity contribution < 1.29 is 9.53 Å². The molecule has 1 aromatic rings. The van der Waals surface area contributed by atoms with Crippen molar-refractivity contribution >= 4 is 6.09 Å². The minimum absolute atomic E-state index is 0.155. The highest BCUT2D eigenvalue weighted by atomic mass is 16.6. The predicted molar refractivity (Wildman–Crippen MR) is 76.3 cm³/mol. The third-order valence-corrected chi connectivity index (χ3v) is 4.15. The molecule has 1 saturated heterocycles. The van der Waals surface area contributed by atoms with Crippen molar-refractivity contribution in [3.8, 4) is 0 Å². The monoisotopic (exact) mass is 274 g/mol. The Kier molecular flexibility index (Phi) is 3.19. The summed E-state index contributed by atoms with van der Waals surface area (Å²) in [6, 6.07) is 4.23. The van der Waals surface area contributed by atoms with Crippen LogP contribution in [0.25, 0.3) is 0 Å². The Labute approximate surface area is 120 Å². The van der Waals surface area contributed by atoms with Gasteiger partial charge in [-0.1, -0.05) is 6.07 Å². The lowest BCUT2D eigenvalue weighted by atomic mass is 9.82. The van der Waals surface area contributed by atoms with E-state index in [-0.39, 0.29) is 12.1 Å². The van der Waals surface area contributed by atoms with Crippen molar-refractivity contribution in [1.29, 1.82) is 0 Å². The lowest BCUT2D eigenvalue weighted by Gasteiger charge is -2.34. The Hall–Kier alpha value is -1.58. The second-order valence-electron chi connectivity index (χ2n) is 6.75. The van der Waals surface area contributed by atoms with Gasteiger partial charge in [-0.25, -0.2) is 4.79 Å². The number of carbonyl (C=O) groups is 1. The molecule has 1 fully saturated rings. The molecule has 3 rings (SSSR count). The van der Waals surface area contributed by atoms with E-state index in [0.29, 0.717) is 5.92 Å². The van der Waals surface area contributed by atoms with Crippen LogP contribution in [0.4, 0.5) is 4.79 Å². The Morgan fingerprint density at radius 3 is 2.95 bits per heavy atom. The van der Waals surface area contributed by atoms with Gasteiger partial charge < -0.3 is 9.64 Å². The zero-order valence-corrected chi connectivity index (χ0v) is 12.4. The van der Waals surface area contributed by atoms with Crippen LogP contribution in [0.15, 0.2) is 18.3 Å². The molecule has 4 nitrogen and oxygen atoms in total. The summed E-state index contributed by atoms with van der Waals surface area (Å²) in [4.78, 5) is 18.8. The topological polar surface area (TPSA) is 42.4 Å². The van der Waals surface area contributed by atoms with E-state index in [1.165, 1.54) is 5.56 Å². The Bertz CT molecular complexity index is 521. The van der Waals surface area contributed by atoms with Crippen molar-refractivity contribution in [3.05, 3.63) is 29.6 Å². The van der Waals surface area contributed by atoms with Gasteiger partial charge in [0.15, 0.2) is 0 Å². The fraction of sp³-hybridized carbons (Fsp3) is 0.625. The van der Waals surface area contributed by atoms with Gasteiger partial charge in [0, 0.05) is 18.4 Å². The maximum absolute atomic E-state index is 12.4. The van der Waals surface area contributed by atoms with Gasteiger partial charge in [-0.05, 0) is 57.6 Å². The summed E-state index contributed by atoms with van der Waals surface area (Å²) in [5.41, 5.74) is 1.91. The molecule has 0 spiro atoms. The number of likely N-dealkylation sites (tertiary alicyclic amines) is 1. The van der Waals surface area contributed by atoms with Crippen molar-refractivity contribution in [2.75, 3.05) is 6.54 Å². The van der Waals surface area contributed by atoms with Gasteiger partial charge in [0.25, 0.3) is 0 Å². The van der Waals surface area contributed by atoms with Gasteiger partial charge in [-0.15, -0.1) is 0 Å². The fourth-order valence-electron chi connectivity index (χ4n) is 3.36. The highest BCUT2D eigenvalue weighted by Gasteiger charge is 2.42. The molecule has 2 unspecified atom stereocenters. The molecule has 2 atom stereocenters. The van der Waals surface area contributed by atoms with E-state index in [1.54, 1.807) is 0 Å². The largest absolute Gasteiger partial charge is 0.444 e. The van der Waals surface area contributed by atoms with Crippen LogP contribution in [0.2, 0.25) is 0 Å². The fourth-order valence-corrected chi connectivity index (χ4v) is 3.36. The molecule has 0 N–H and O–H groups in total. The molecule has 1 aromatic heterocycles. The van der Waals surface area contributed by atoms with Gasteiger partial charge in [-0.2, -0.15) is 0 Å².